The van der Waals surface area contributed by atoms with Gasteiger partial charge >= 0.3 is 5.69 Å². The lowest BCUT2D eigenvalue weighted by atomic mass is 10.4. The van der Waals surface area contributed by atoms with Gasteiger partial charge in [-0.05, 0) is 22.0 Å². The normalized spacial score (nSPS) is 9.55. The first-order valence-corrected chi connectivity index (χ1v) is 3.46. The van der Waals surface area contributed by atoms with Crippen LogP contribution in [0.25, 0.3) is 0 Å². The fourth-order valence-electron chi connectivity index (χ4n) is 0.623. The molecule has 1 aromatic heterocycles. The number of aromatic nitrogens is 1. The van der Waals surface area contributed by atoms with Crippen LogP contribution in [-0.4, -0.2) is 9.91 Å². The predicted octanol–water partition coefficient (Wildman–Crippen LogP) is 1.33. The first-order chi connectivity index (χ1) is 5.13. The number of nitrogen functional groups attached to an aromatic ring is 1. The van der Waals surface area contributed by atoms with Crippen molar-refractivity contribution in [1.29, 1.82) is 0 Å². The van der Waals surface area contributed by atoms with E-state index in [-0.39, 0.29) is 16.0 Å². The molecular weight excluding hydrogens is 214 g/mol. The van der Waals surface area contributed by atoms with Crippen LogP contribution in [0.15, 0.2) is 16.9 Å². The molecule has 0 aliphatic heterocycles. The molecule has 58 valence electrons. The standard InChI is InChI=1S/C5H4BrN3O2/c6-5-4(9(10)11)3(7)1-2-8-5/h1-2H,(H2,7,8). The fraction of sp³-hybridized carbons (Fsp3) is 0. The third-order valence-electron chi connectivity index (χ3n) is 1.09. The Hall–Kier alpha value is -1.17. The van der Waals surface area contributed by atoms with Gasteiger partial charge in [0.1, 0.15) is 5.69 Å². The number of hydrogen-bond acceptors (Lipinski definition) is 4. The van der Waals surface area contributed by atoms with Gasteiger partial charge < -0.3 is 5.73 Å². The average Bonchev–Trinajstić information content (AvgIpc) is 1.85. The SMILES string of the molecule is Nc1ccnc(Br)c1[N+](=O)[O-]. The predicted molar refractivity (Wildman–Crippen MR) is 43.0 cm³/mol. The first-order valence-electron chi connectivity index (χ1n) is 2.67. The molecule has 0 spiro atoms. The number of nitrogens with two attached hydrogens (primary N) is 1. The van der Waals surface area contributed by atoms with Crippen molar-refractivity contribution in [3.63, 3.8) is 0 Å². The van der Waals surface area contributed by atoms with Crippen molar-refractivity contribution >= 4 is 27.3 Å². The quantitative estimate of drug-likeness (QED) is 0.438. The van der Waals surface area contributed by atoms with Crippen LogP contribution in [0.4, 0.5) is 11.4 Å². The Morgan fingerprint density at radius 1 is 1.73 bits per heavy atom. The maximum absolute atomic E-state index is 10.3. The molecule has 0 unspecified atom stereocenters. The summed E-state index contributed by atoms with van der Waals surface area (Å²) < 4.78 is 0.155. The van der Waals surface area contributed by atoms with Crippen LogP contribution in [-0.2, 0) is 0 Å². The number of hydrogen-bond donors (Lipinski definition) is 1. The van der Waals surface area contributed by atoms with E-state index >= 15 is 0 Å². The average molecular weight is 218 g/mol. The van der Waals surface area contributed by atoms with Gasteiger partial charge in [-0.1, -0.05) is 0 Å². The molecule has 1 rings (SSSR count). The van der Waals surface area contributed by atoms with Gasteiger partial charge in [-0.25, -0.2) is 4.98 Å². The van der Waals surface area contributed by atoms with Crippen LogP contribution in [0.5, 0.6) is 0 Å². The highest BCUT2D eigenvalue weighted by molar-refractivity contribution is 9.10. The summed E-state index contributed by atoms with van der Waals surface area (Å²) in [6.07, 6.45) is 1.40. The van der Waals surface area contributed by atoms with E-state index in [0.717, 1.165) is 0 Å². The molecule has 0 aliphatic carbocycles. The Morgan fingerprint density at radius 2 is 2.36 bits per heavy atom. The van der Waals surface area contributed by atoms with E-state index in [4.69, 9.17) is 5.73 Å². The fourth-order valence-corrected chi connectivity index (χ4v) is 1.11. The van der Waals surface area contributed by atoms with Gasteiger partial charge in [0.05, 0.1) is 4.92 Å². The molecule has 0 fully saturated rings. The minimum absolute atomic E-state index is 0.108. The number of nitrogens with zero attached hydrogens (tertiary/aromatic N) is 2. The molecule has 0 saturated carbocycles. The molecule has 0 aromatic carbocycles. The summed E-state index contributed by atoms with van der Waals surface area (Å²) in [5.41, 5.74) is 5.23. The molecule has 0 aliphatic rings. The van der Waals surface area contributed by atoms with Gasteiger partial charge in [0, 0.05) is 6.20 Å². The summed E-state index contributed by atoms with van der Waals surface area (Å²) >= 11 is 2.91. The highest BCUT2D eigenvalue weighted by Gasteiger charge is 2.16. The molecule has 1 aromatic rings. The van der Waals surface area contributed by atoms with Gasteiger partial charge in [0.2, 0.25) is 0 Å². The lowest BCUT2D eigenvalue weighted by molar-refractivity contribution is -0.385. The summed E-state index contributed by atoms with van der Waals surface area (Å²) in [4.78, 5) is 13.4. The van der Waals surface area contributed by atoms with E-state index in [2.05, 4.69) is 20.9 Å². The maximum atomic E-state index is 10.3. The molecule has 0 atom stereocenters. The molecule has 2 N–H and O–H groups in total. The molecule has 0 bridgehead atoms. The zero-order valence-corrected chi connectivity index (χ0v) is 6.91. The second-order valence-corrected chi connectivity index (χ2v) is 2.55. The van der Waals surface area contributed by atoms with Crippen molar-refractivity contribution in [2.24, 2.45) is 0 Å². The largest absolute Gasteiger partial charge is 0.393 e. The van der Waals surface area contributed by atoms with E-state index in [1.54, 1.807) is 0 Å². The van der Waals surface area contributed by atoms with Crippen LogP contribution in [0.3, 0.4) is 0 Å². The summed E-state index contributed by atoms with van der Waals surface area (Å²) in [6, 6.07) is 1.38. The molecule has 1 heterocycles. The molecule has 0 saturated heterocycles. The first kappa shape index (κ1) is 7.93. The van der Waals surface area contributed by atoms with Crippen LogP contribution in [0.1, 0.15) is 0 Å². The van der Waals surface area contributed by atoms with E-state index in [9.17, 15) is 10.1 Å². The van der Waals surface area contributed by atoms with Crippen molar-refractivity contribution in [2.75, 3.05) is 5.73 Å². The van der Waals surface area contributed by atoms with Crippen molar-refractivity contribution < 1.29 is 4.92 Å². The molecular formula is C5H4BrN3O2. The third-order valence-corrected chi connectivity index (χ3v) is 1.67. The van der Waals surface area contributed by atoms with Crippen LogP contribution in [0, 0.1) is 10.1 Å². The second-order valence-electron chi connectivity index (χ2n) is 1.80. The van der Waals surface area contributed by atoms with Crippen molar-refractivity contribution in [1.82, 2.24) is 4.98 Å². The van der Waals surface area contributed by atoms with Gasteiger partial charge in [0.15, 0.2) is 4.60 Å². The molecule has 0 amide bonds. The smallest absolute Gasteiger partial charge is 0.324 e. The highest BCUT2D eigenvalue weighted by atomic mass is 79.9. The second kappa shape index (κ2) is 2.83. The Balaban J connectivity index is 3.32. The number of rotatable bonds is 1. The highest BCUT2D eigenvalue weighted by Crippen LogP contribution is 2.27. The van der Waals surface area contributed by atoms with Gasteiger partial charge in [0.25, 0.3) is 0 Å². The zero-order valence-electron chi connectivity index (χ0n) is 5.32. The monoisotopic (exact) mass is 217 g/mol. The number of nitro groups is 1. The maximum Gasteiger partial charge on any atom is 0.324 e. The van der Waals surface area contributed by atoms with Gasteiger partial charge in [-0.2, -0.15) is 0 Å². The Kier molecular flexibility index (Phi) is 2.04. The van der Waals surface area contributed by atoms with Crippen molar-refractivity contribution in [3.8, 4) is 0 Å². The van der Waals surface area contributed by atoms with E-state index in [1.807, 2.05) is 0 Å². The molecule has 6 heteroatoms. The number of pyridine rings is 1. The lowest BCUT2D eigenvalue weighted by Crippen LogP contribution is -1.97. The molecule has 5 nitrogen and oxygen atoms in total. The summed E-state index contributed by atoms with van der Waals surface area (Å²) in [5.74, 6) is 0. The zero-order chi connectivity index (χ0) is 8.43. The van der Waals surface area contributed by atoms with Gasteiger partial charge in [-0.15, -0.1) is 0 Å². The van der Waals surface area contributed by atoms with Crippen molar-refractivity contribution in [2.45, 2.75) is 0 Å². The van der Waals surface area contributed by atoms with Crippen LogP contribution in [0.2, 0.25) is 0 Å². The van der Waals surface area contributed by atoms with E-state index in [0.29, 0.717) is 0 Å². The Morgan fingerprint density at radius 3 is 2.73 bits per heavy atom. The number of anilines is 1. The van der Waals surface area contributed by atoms with E-state index < -0.39 is 4.92 Å². The summed E-state index contributed by atoms with van der Waals surface area (Å²) in [5, 5.41) is 10.3. The minimum atomic E-state index is -0.577. The topological polar surface area (TPSA) is 82.0 Å². The van der Waals surface area contributed by atoms with E-state index in [1.165, 1.54) is 12.3 Å². The lowest BCUT2D eigenvalue weighted by Gasteiger charge is -1.96. The number of halogens is 1. The Labute approximate surface area is 70.5 Å². The van der Waals surface area contributed by atoms with Crippen LogP contribution < -0.4 is 5.73 Å². The van der Waals surface area contributed by atoms with Gasteiger partial charge in [-0.3, -0.25) is 10.1 Å². The minimum Gasteiger partial charge on any atom is -0.393 e. The van der Waals surface area contributed by atoms with Crippen LogP contribution >= 0.6 is 15.9 Å². The summed E-state index contributed by atoms with van der Waals surface area (Å²) in [7, 11) is 0. The van der Waals surface area contributed by atoms with Crippen molar-refractivity contribution in [3.05, 3.63) is 27.0 Å². The Bertz CT molecular complexity index is 282. The molecule has 11 heavy (non-hydrogen) atoms. The third kappa shape index (κ3) is 1.45. The summed E-state index contributed by atoms with van der Waals surface area (Å²) in [6.45, 7) is 0. The molecule has 0 radical (unpaired) electrons.